The highest BCUT2D eigenvalue weighted by Gasteiger charge is 2.11. The van der Waals surface area contributed by atoms with E-state index in [9.17, 15) is 0 Å². The van der Waals surface area contributed by atoms with Gasteiger partial charge in [0.1, 0.15) is 13.2 Å². The van der Waals surface area contributed by atoms with Crippen molar-refractivity contribution in [2.24, 2.45) is 0 Å². The van der Waals surface area contributed by atoms with Gasteiger partial charge >= 0.3 is 0 Å². The van der Waals surface area contributed by atoms with Gasteiger partial charge in [-0.25, -0.2) is 0 Å². The molecule has 0 saturated heterocycles. The number of hydrogen-bond acceptors (Lipinski definition) is 3. The number of halogens is 1. The normalized spacial score (nSPS) is 13.1. The van der Waals surface area contributed by atoms with Gasteiger partial charge in [-0.3, -0.25) is 0 Å². The molecule has 0 atom stereocenters. The molecule has 3 nitrogen and oxygen atoms in total. The van der Waals surface area contributed by atoms with Crippen LogP contribution in [0.25, 0.3) is 0 Å². The van der Waals surface area contributed by atoms with Gasteiger partial charge in [-0.05, 0) is 23.8 Å². The van der Waals surface area contributed by atoms with Crippen molar-refractivity contribution in [3.8, 4) is 11.5 Å². The molecular weight excluding hydrogens is 262 g/mol. The Kier molecular flexibility index (Phi) is 3.47. The fourth-order valence-electron chi connectivity index (χ4n) is 1.99. The summed E-state index contributed by atoms with van der Waals surface area (Å²) in [6, 6.07) is 13.7. The molecule has 19 heavy (non-hydrogen) atoms. The molecular formula is C15H14ClNO2. The lowest BCUT2D eigenvalue weighted by Gasteiger charge is -2.19. The second-order valence-electron chi connectivity index (χ2n) is 4.30. The summed E-state index contributed by atoms with van der Waals surface area (Å²) < 4.78 is 11.0. The van der Waals surface area contributed by atoms with E-state index in [1.165, 1.54) is 0 Å². The average Bonchev–Trinajstić information content (AvgIpc) is 2.46. The molecule has 0 amide bonds. The van der Waals surface area contributed by atoms with E-state index in [2.05, 4.69) is 5.32 Å². The van der Waals surface area contributed by atoms with E-state index < -0.39 is 0 Å². The number of benzene rings is 2. The summed E-state index contributed by atoms with van der Waals surface area (Å²) in [7, 11) is 0. The van der Waals surface area contributed by atoms with Gasteiger partial charge < -0.3 is 14.8 Å². The van der Waals surface area contributed by atoms with E-state index in [4.69, 9.17) is 21.1 Å². The summed E-state index contributed by atoms with van der Waals surface area (Å²) >= 11 is 6.12. The summed E-state index contributed by atoms with van der Waals surface area (Å²) in [6.45, 7) is 1.89. The standard InChI is InChI=1S/C15H14ClNO2/c16-13-4-2-1-3-11(13)10-17-12-5-6-14-15(9-12)19-8-7-18-14/h1-6,9,17H,7-8,10H2. The maximum atomic E-state index is 6.12. The van der Waals surface area contributed by atoms with Crippen LogP contribution >= 0.6 is 11.6 Å². The number of hydrogen-bond donors (Lipinski definition) is 1. The smallest absolute Gasteiger partial charge is 0.163 e. The van der Waals surface area contributed by atoms with E-state index >= 15 is 0 Å². The Balaban J connectivity index is 1.72. The van der Waals surface area contributed by atoms with Crippen LogP contribution in [0.15, 0.2) is 42.5 Å². The lowest BCUT2D eigenvalue weighted by Crippen LogP contribution is -2.15. The summed E-state index contributed by atoms with van der Waals surface area (Å²) in [5.41, 5.74) is 2.06. The molecule has 0 spiro atoms. The van der Waals surface area contributed by atoms with Crippen LogP contribution in [0.5, 0.6) is 11.5 Å². The Morgan fingerprint density at radius 3 is 2.63 bits per heavy atom. The van der Waals surface area contributed by atoms with Gasteiger partial charge in [-0.2, -0.15) is 0 Å². The molecule has 0 bridgehead atoms. The number of anilines is 1. The van der Waals surface area contributed by atoms with Crippen molar-refractivity contribution in [3.63, 3.8) is 0 Å². The average molecular weight is 276 g/mol. The molecule has 0 saturated carbocycles. The minimum Gasteiger partial charge on any atom is -0.486 e. The zero-order valence-electron chi connectivity index (χ0n) is 10.4. The van der Waals surface area contributed by atoms with Crippen molar-refractivity contribution >= 4 is 17.3 Å². The largest absolute Gasteiger partial charge is 0.486 e. The number of rotatable bonds is 3. The molecule has 0 aromatic heterocycles. The molecule has 1 heterocycles. The summed E-state index contributed by atoms with van der Waals surface area (Å²) in [5, 5.41) is 4.10. The zero-order chi connectivity index (χ0) is 13.1. The van der Waals surface area contributed by atoms with Gasteiger partial charge in [-0.15, -0.1) is 0 Å². The van der Waals surface area contributed by atoms with Gasteiger partial charge in [0.2, 0.25) is 0 Å². The molecule has 4 heteroatoms. The van der Waals surface area contributed by atoms with Crippen molar-refractivity contribution in [1.82, 2.24) is 0 Å². The topological polar surface area (TPSA) is 30.5 Å². The first kappa shape index (κ1) is 12.2. The van der Waals surface area contributed by atoms with Crippen LogP contribution in [0.4, 0.5) is 5.69 Å². The third-order valence-electron chi connectivity index (χ3n) is 2.98. The van der Waals surface area contributed by atoms with Gasteiger partial charge in [-0.1, -0.05) is 29.8 Å². The van der Waals surface area contributed by atoms with E-state index in [0.717, 1.165) is 27.8 Å². The van der Waals surface area contributed by atoms with Crippen molar-refractivity contribution in [2.45, 2.75) is 6.54 Å². The maximum Gasteiger partial charge on any atom is 0.163 e. The van der Waals surface area contributed by atoms with Crippen LogP contribution in [0.1, 0.15) is 5.56 Å². The molecule has 0 aliphatic carbocycles. The molecule has 2 aromatic carbocycles. The molecule has 98 valence electrons. The van der Waals surface area contributed by atoms with Gasteiger partial charge in [0.15, 0.2) is 11.5 Å². The molecule has 1 aliphatic heterocycles. The Labute approximate surface area is 117 Å². The highest BCUT2D eigenvalue weighted by atomic mass is 35.5. The molecule has 0 fully saturated rings. The Bertz CT molecular complexity index is 586. The monoisotopic (exact) mass is 275 g/mol. The minimum absolute atomic E-state index is 0.598. The molecule has 0 radical (unpaired) electrons. The first-order valence-corrected chi connectivity index (χ1v) is 6.58. The van der Waals surface area contributed by atoms with Crippen molar-refractivity contribution < 1.29 is 9.47 Å². The Hall–Kier alpha value is -1.87. The summed E-state index contributed by atoms with van der Waals surface area (Å²) in [5.74, 6) is 1.59. The first-order chi connectivity index (χ1) is 9.33. The lowest BCUT2D eigenvalue weighted by molar-refractivity contribution is 0.171. The van der Waals surface area contributed by atoms with E-state index in [1.54, 1.807) is 0 Å². The third kappa shape index (κ3) is 2.76. The van der Waals surface area contributed by atoms with E-state index in [1.807, 2.05) is 42.5 Å². The molecule has 2 aromatic rings. The van der Waals surface area contributed by atoms with Crippen molar-refractivity contribution in [2.75, 3.05) is 18.5 Å². The minimum atomic E-state index is 0.598. The molecule has 1 N–H and O–H groups in total. The highest BCUT2D eigenvalue weighted by Crippen LogP contribution is 2.32. The maximum absolute atomic E-state index is 6.12. The van der Waals surface area contributed by atoms with Gasteiger partial charge in [0.05, 0.1) is 0 Å². The predicted octanol–water partition coefficient (Wildman–Crippen LogP) is 3.72. The van der Waals surface area contributed by atoms with Crippen LogP contribution in [0, 0.1) is 0 Å². The molecule has 1 aliphatic rings. The number of ether oxygens (including phenoxy) is 2. The quantitative estimate of drug-likeness (QED) is 0.926. The van der Waals surface area contributed by atoms with Crippen LogP contribution in [0.2, 0.25) is 5.02 Å². The van der Waals surface area contributed by atoms with Gasteiger partial charge in [0.25, 0.3) is 0 Å². The summed E-state index contributed by atoms with van der Waals surface area (Å²) in [6.07, 6.45) is 0. The summed E-state index contributed by atoms with van der Waals surface area (Å²) in [4.78, 5) is 0. The fourth-order valence-corrected chi connectivity index (χ4v) is 2.19. The molecule has 0 unspecified atom stereocenters. The molecule has 3 rings (SSSR count). The van der Waals surface area contributed by atoms with Crippen LogP contribution < -0.4 is 14.8 Å². The SMILES string of the molecule is Clc1ccccc1CNc1ccc2c(c1)OCCO2. The van der Waals surface area contributed by atoms with Crippen molar-refractivity contribution in [1.29, 1.82) is 0 Å². The van der Waals surface area contributed by atoms with E-state index in [0.29, 0.717) is 19.8 Å². The number of fused-ring (bicyclic) bond motifs is 1. The third-order valence-corrected chi connectivity index (χ3v) is 3.35. The van der Waals surface area contributed by atoms with Crippen LogP contribution in [0.3, 0.4) is 0 Å². The fraction of sp³-hybridized carbons (Fsp3) is 0.200. The Morgan fingerprint density at radius 2 is 1.79 bits per heavy atom. The predicted molar refractivity (Wildman–Crippen MR) is 76.2 cm³/mol. The first-order valence-electron chi connectivity index (χ1n) is 6.20. The Morgan fingerprint density at radius 1 is 1.00 bits per heavy atom. The van der Waals surface area contributed by atoms with Gasteiger partial charge in [0, 0.05) is 23.3 Å². The van der Waals surface area contributed by atoms with Crippen molar-refractivity contribution in [3.05, 3.63) is 53.1 Å². The highest BCUT2D eigenvalue weighted by molar-refractivity contribution is 6.31. The van der Waals surface area contributed by atoms with Crippen LogP contribution in [-0.2, 0) is 6.54 Å². The van der Waals surface area contributed by atoms with Crippen LogP contribution in [-0.4, -0.2) is 13.2 Å². The van der Waals surface area contributed by atoms with E-state index in [-0.39, 0.29) is 0 Å². The second-order valence-corrected chi connectivity index (χ2v) is 4.71. The zero-order valence-corrected chi connectivity index (χ0v) is 11.1. The number of nitrogens with one attached hydrogen (secondary N) is 1. The second kappa shape index (κ2) is 5.41. The lowest BCUT2D eigenvalue weighted by atomic mass is 10.2.